The number of sulfonamides is 1. The largest absolute Gasteiger partial charge is 0.399 e. The van der Waals surface area contributed by atoms with Gasteiger partial charge in [-0.25, -0.2) is 23.1 Å². The number of rotatable bonds is 5. The lowest BCUT2D eigenvalue weighted by atomic mass is 10.2. The van der Waals surface area contributed by atoms with Crippen LogP contribution in [0.5, 0.6) is 0 Å². The Balaban J connectivity index is 1.80. The number of hydrogen-bond acceptors (Lipinski definition) is 5. The molecule has 0 radical (unpaired) electrons. The average Bonchev–Trinajstić information content (AvgIpc) is 2.60. The van der Waals surface area contributed by atoms with Gasteiger partial charge in [-0.3, -0.25) is 0 Å². The molecule has 1 aromatic heterocycles. The maximum atomic E-state index is 12.4. The van der Waals surface area contributed by atoms with Gasteiger partial charge >= 0.3 is 0 Å². The molecule has 0 spiro atoms. The molecule has 26 heavy (non-hydrogen) atoms. The number of nitrogens with one attached hydrogen (secondary N) is 1. The van der Waals surface area contributed by atoms with Gasteiger partial charge in [0.25, 0.3) is 10.0 Å². The Kier molecular flexibility index (Phi) is 5.34. The minimum atomic E-state index is -3.78. The van der Waals surface area contributed by atoms with Crippen LogP contribution in [0.1, 0.15) is 11.3 Å². The fourth-order valence-electron chi connectivity index (χ4n) is 2.13. The van der Waals surface area contributed by atoms with Gasteiger partial charge in [-0.1, -0.05) is 34.1 Å². The molecule has 3 aromatic rings. The Morgan fingerprint density at radius 1 is 1.04 bits per heavy atom. The van der Waals surface area contributed by atoms with Crippen molar-refractivity contribution < 1.29 is 8.42 Å². The highest BCUT2D eigenvalue weighted by molar-refractivity contribution is 9.10. The molecule has 0 aliphatic heterocycles. The van der Waals surface area contributed by atoms with E-state index >= 15 is 0 Å². The molecule has 0 amide bonds. The van der Waals surface area contributed by atoms with Crippen molar-refractivity contribution in [3.05, 3.63) is 76.5 Å². The minimum absolute atomic E-state index is 0.00165. The molecule has 0 fully saturated rings. The molecule has 0 aliphatic carbocycles. The summed E-state index contributed by atoms with van der Waals surface area (Å²) in [5, 5.41) is 0. The van der Waals surface area contributed by atoms with E-state index in [1.165, 1.54) is 30.5 Å². The number of aromatic nitrogens is 2. The quantitative estimate of drug-likeness (QED) is 0.599. The third-order valence-corrected chi connectivity index (χ3v) is 5.23. The van der Waals surface area contributed by atoms with E-state index in [-0.39, 0.29) is 10.8 Å². The molecule has 8 heteroatoms. The maximum absolute atomic E-state index is 12.4. The van der Waals surface area contributed by atoms with Crippen molar-refractivity contribution in [1.82, 2.24) is 9.97 Å². The summed E-state index contributed by atoms with van der Waals surface area (Å²) < 4.78 is 28.1. The molecule has 0 aliphatic rings. The van der Waals surface area contributed by atoms with Crippen LogP contribution in [0.2, 0.25) is 0 Å². The first kappa shape index (κ1) is 18.1. The summed E-state index contributed by atoms with van der Waals surface area (Å²) in [5.74, 6) is -0.00165. The molecule has 3 rings (SSSR count). The van der Waals surface area contributed by atoms with Crippen molar-refractivity contribution in [2.75, 3.05) is 10.5 Å². The zero-order chi connectivity index (χ0) is 18.6. The first-order valence-corrected chi connectivity index (χ1v) is 9.85. The van der Waals surface area contributed by atoms with E-state index in [0.717, 1.165) is 10.0 Å². The number of anilines is 2. The number of nitrogen functional groups attached to an aromatic ring is 1. The van der Waals surface area contributed by atoms with Gasteiger partial charge < -0.3 is 5.73 Å². The van der Waals surface area contributed by atoms with E-state index in [0.29, 0.717) is 11.4 Å². The number of benzene rings is 2. The molecule has 132 valence electrons. The summed E-state index contributed by atoms with van der Waals surface area (Å²) in [5.41, 5.74) is 7.64. The van der Waals surface area contributed by atoms with Crippen LogP contribution in [0.4, 0.5) is 11.6 Å². The molecule has 0 saturated carbocycles. The van der Waals surface area contributed by atoms with Crippen LogP contribution in [0.25, 0.3) is 12.2 Å². The second kappa shape index (κ2) is 7.67. The van der Waals surface area contributed by atoms with Crippen molar-refractivity contribution in [2.45, 2.75) is 4.90 Å². The van der Waals surface area contributed by atoms with Gasteiger partial charge in [0.05, 0.1) is 10.6 Å². The summed E-state index contributed by atoms with van der Waals surface area (Å²) in [4.78, 5) is 8.27. The van der Waals surface area contributed by atoms with Gasteiger partial charge in [-0.05, 0) is 54.1 Å². The normalized spacial score (nSPS) is 11.6. The zero-order valence-electron chi connectivity index (χ0n) is 13.5. The van der Waals surface area contributed by atoms with Crippen LogP contribution in [-0.4, -0.2) is 18.4 Å². The van der Waals surface area contributed by atoms with Crippen molar-refractivity contribution in [2.24, 2.45) is 0 Å². The summed E-state index contributed by atoms with van der Waals surface area (Å²) in [6.07, 6.45) is 5.16. The topological polar surface area (TPSA) is 98.0 Å². The Bertz CT molecular complexity index is 1050. The number of nitrogens with two attached hydrogens (primary N) is 1. The molecule has 1 heterocycles. The van der Waals surface area contributed by atoms with Gasteiger partial charge in [0.2, 0.25) is 5.95 Å². The van der Waals surface area contributed by atoms with Crippen molar-refractivity contribution in [3.8, 4) is 0 Å². The van der Waals surface area contributed by atoms with Crippen molar-refractivity contribution in [3.63, 3.8) is 0 Å². The van der Waals surface area contributed by atoms with E-state index in [1.54, 1.807) is 12.1 Å². The lowest BCUT2D eigenvalue weighted by Crippen LogP contribution is -2.15. The van der Waals surface area contributed by atoms with E-state index in [2.05, 4.69) is 30.6 Å². The Labute approximate surface area is 160 Å². The standard InChI is InChI=1S/C18H15BrN4O2S/c19-14-3-1-2-13(12-14)4-7-16-10-11-21-18(22-16)23-26(24,25)17-8-5-15(20)6-9-17/h1-12H,20H2,(H,21,22,23)/b7-4+. The number of halogens is 1. The summed E-state index contributed by atoms with van der Waals surface area (Å²) >= 11 is 3.42. The van der Waals surface area contributed by atoms with E-state index in [9.17, 15) is 8.42 Å². The van der Waals surface area contributed by atoms with Gasteiger partial charge in [0.1, 0.15) is 0 Å². The molecule has 3 N–H and O–H groups in total. The Morgan fingerprint density at radius 3 is 2.54 bits per heavy atom. The van der Waals surface area contributed by atoms with Gasteiger partial charge in [-0.2, -0.15) is 0 Å². The third-order valence-electron chi connectivity index (χ3n) is 3.39. The first-order valence-electron chi connectivity index (χ1n) is 7.57. The zero-order valence-corrected chi connectivity index (χ0v) is 15.9. The van der Waals surface area contributed by atoms with Crippen molar-refractivity contribution in [1.29, 1.82) is 0 Å². The Morgan fingerprint density at radius 2 is 1.81 bits per heavy atom. The fraction of sp³-hybridized carbons (Fsp3) is 0. The first-order chi connectivity index (χ1) is 12.4. The second-order valence-electron chi connectivity index (χ2n) is 5.37. The third kappa shape index (κ3) is 4.68. The fourth-order valence-corrected chi connectivity index (χ4v) is 3.50. The molecular formula is C18H15BrN4O2S. The smallest absolute Gasteiger partial charge is 0.264 e. The molecule has 0 saturated heterocycles. The maximum Gasteiger partial charge on any atom is 0.264 e. The summed E-state index contributed by atoms with van der Waals surface area (Å²) in [7, 11) is -3.78. The van der Waals surface area contributed by atoms with Crippen LogP contribution >= 0.6 is 15.9 Å². The highest BCUT2D eigenvalue weighted by Gasteiger charge is 2.15. The average molecular weight is 431 g/mol. The van der Waals surface area contributed by atoms with Crippen LogP contribution in [0, 0.1) is 0 Å². The monoisotopic (exact) mass is 430 g/mol. The predicted molar refractivity (Wildman–Crippen MR) is 107 cm³/mol. The SMILES string of the molecule is Nc1ccc(S(=O)(=O)Nc2nccc(/C=C/c3cccc(Br)c3)n2)cc1. The van der Waals surface area contributed by atoms with Crippen LogP contribution < -0.4 is 10.5 Å². The second-order valence-corrected chi connectivity index (χ2v) is 7.97. The molecule has 6 nitrogen and oxygen atoms in total. The van der Waals surface area contributed by atoms with E-state index < -0.39 is 10.0 Å². The molecule has 0 atom stereocenters. The minimum Gasteiger partial charge on any atom is -0.399 e. The van der Waals surface area contributed by atoms with E-state index in [4.69, 9.17) is 5.73 Å². The highest BCUT2D eigenvalue weighted by Crippen LogP contribution is 2.16. The number of hydrogen-bond donors (Lipinski definition) is 2. The lowest BCUT2D eigenvalue weighted by molar-refractivity contribution is 0.601. The molecule has 2 aromatic carbocycles. The van der Waals surface area contributed by atoms with E-state index in [1.807, 2.05) is 30.3 Å². The highest BCUT2D eigenvalue weighted by atomic mass is 79.9. The van der Waals surface area contributed by atoms with Gasteiger partial charge in [0, 0.05) is 16.4 Å². The van der Waals surface area contributed by atoms with Gasteiger partial charge in [0.15, 0.2) is 0 Å². The molecular weight excluding hydrogens is 416 g/mol. The predicted octanol–water partition coefficient (Wildman–Crippen LogP) is 3.79. The van der Waals surface area contributed by atoms with Crippen LogP contribution in [0.15, 0.2) is 70.2 Å². The van der Waals surface area contributed by atoms with Crippen molar-refractivity contribution >= 4 is 49.7 Å². The van der Waals surface area contributed by atoms with Crippen LogP contribution in [-0.2, 0) is 10.0 Å². The Hall–Kier alpha value is -2.71. The summed E-state index contributed by atoms with van der Waals surface area (Å²) in [6, 6.07) is 15.4. The van der Waals surface area contributed by atoms with Crippen LogP contribution in [0.3, 0.4) is 0 Å². The lowest BCUT2D eigenvalue weighted by Gasteiger charge is -2.07. The summed E-state index contributed by atoms with van der Waals surface area (Å²) in [6.45, 7) is 0. The number of nitrogens with zero attached hydrogens (tertiary/aromatic N) is 2. The van der Waals surface area contributed by atoms with Gasteiger partial charge in [-0.15, -0.1) is 0 Å². The molecule has 0 bridgehead atoms. The molecule has 0 unspecified atom stereocenters.